The molecule has 0 spiro atoms. The van der Waals surface area contributed by atoms with E-state index >= 15 is 0 Å². The summed E-state index contributed by atoms with van der Waals surface area (Å²) in [7, 11) is 0. The number of hydrogen-bond acceptors (Lipinski definition) is 2. The fourth-order valence-corrected chi connectivity index (χ4v) is 0.840. The zero-order chi connectivity index (χ0) is 8.43. The monoisotopic (exact) mass is 176 g/mol. The Labute approximate surface area is 68.6 Å². The van der Waals surface area contributed by atoms with Crippen LogP contribution in [0.2, 0.25) is 0 Å². The van der Waals surface area contributed by atoms with E-state index in [1.165, 1.54) is 19.1 Å². The second-order valence-electron chi connectivity index (χ2n) is 2.10. The molecule has 0 bridgehead atoms. The molecular formula is C7H6F2OS. The summed E-state index contributed by atoms with van der Waals surface area (Å²) in [4.78, 5) is 0. The summed E-state index contributed by atoms with van der Waals surface area (Å²) in [6.07, 6.45) is 0. The molecule has 0 N–H and O–H groups in total. The van der Waals surface area contributed by atoms with Crippen LogP contribution >= 0.6 is 12.9 Å². The average molecular weight is 176 g/mol. The molecule has 0 fully saturated rings. The van der Waals surface area contributed by atoms with Gasteiger partial charge in [-0.2, -0.15) is 4.39 Å². The second kappa shape index (κ2) is 3.09. The number of hydrogen-bond donors (Lipinski definition) is 1. The van der Waals surface area contributed by atoms with E-state index in [1.807, 2.05) is 0 Å². The lowest BCUT2D eigenvalue weighted by Crippen LogP contribution is -1.91. The molecule has 0 amide bonds. The molecule has 0 heterocycles. The number of thiol groups is 1. The molecule has 0 aliphatic heterocycles. The molecule has 11 heavy (non-hydrogen) atoms. The third kappa shape index (κ3) is 1.45. The molecule has 0 atom stereocenters. The molecule has 0 saturated carbocycles. The predicted molar refractivity (Wildman–Crippen MR) is 40.7 cm³/mol. The van der Waals surface area contributed by atoms with E-state index in [2.05, 4.69) is 17.1 Å². The first-order chi connectivity index (χ1) is 5.16. The van der Waals surface area contributed by atoms with Crippen molar-refractivity contribution in [2.45, 2.75) is 6.92 Å². The second-order valence-corrected chi connectivity index (χ2v) is 2.28. The van der Waals surface area contributed by atoms with Crippen molar-refractivity contribution < 1.29 is 13.0 Å². The standard InChI is InChI=1S/C7H6F2OS/c1-4-2-3-5(10-11)7(9)6(4)8/h2-3,11H,1H3. The Hall–Kier alpha value is -0.770. The highest BCUT2D eigenvalue weighted by Gasteiger charge is 2.10. The Morgan fingerprint density at radius 3 is 2.45 bits per heavy atom. The molecule has 1 aromatic rings. The Morgan fingerprint density at radius 2 is 1.91 bits per heavy atom. The molecule has 60 valence electrons. The molecule has 1 nitrogen and oxygen atoms in total. The molecule has 4 heteroatoms. The van der Waals surface area contributed by atoms with Crippen molar-refractivity contribution in [3.8, 4) is 5.75 Å². The molecule has 0 saturated heterocycles. The van der Waals surface area contributed by atoms with Crippen LogP contribution in [0.4, 0.5) is 8.78 Å². The summed E-state index contributed by atoms with van der Waals surface area (Å²) in [5.74, 6) is -2.09. The van der Waals surface area contributed by atoms with E-state index in [0.29, 0.717) is 0 Å². The van der Waals surface area contributed by atoms with Gasteiger partial charge in [0.05, 0.1) is 0 Å². The minimum atomic E-state index is -1.000. The first-order valence-electron chi connectivity index (χ1n) is 2.93. The van der Waals surface area contributed by atoms with Crippen LogP contribution in [0.15, 0.2) is 12.1 Å². The van der Waals surface area contributed by atoms with Crippen LogP contribution in [-0.2, 0) is 0 Å². The zero-order valence-corrected chi connectivity index (χ0v) is 6.66. The summed E-state index contributed by atoms with van der Waals surface area (Å²) < 4.78 is 29.7. The number of aryl methyl sites for hydroxylation is 1. The normalized spacial score (nSPS) is 9.82. The minimum Gasteiger partial charge on any atom is -0.426 e. The van der Waals surface area contributed by atoms with Crippen LogP contribution in [0, 0.1) is 18.6 Å². The summed E-state index contributed by atoms with van der Waals surface area (Å²) in [5, 5.41) is 0. The van der Waals surface area contributed by atoms with Crippen LogP contribution in [0.25, 0.3) is 0 Å². The van der Waals surface area contributed by atoms with Gasteiger partial charge in [0.15, 0.2) is 11.6 Å². The van der Waals surface area contributed by atoms with Gasteiger partial charge in [-0.25, -0.2) is 4.39 Å². The van der Waals surface area contributed by atoms with E-state index in [4.69, 9.17) is 0 Å². The maximum atomic E-state index is 12.7. The Kier molecular flexibility index (Phi) is 2.34. The fraction of sp³-hybridized carbons (Fsp3) is 0.143. The van der Waals surface area contributed by atoms with Crippen LogP contribution in [0.5, 0.6) is 5.75 Å². The fourth-order valence-electron chi connectivity index (χ4n) is 0.699. The van der Waals surface area contributed by atoms with Crippen LogP contribution in [0.1, 0.15) is 5.56 Å². The first kappa shape index (κ1) is 8.33. The van der Waals surface area contributed by atoms with Crippen molar-refractivity contribution in [3.63, 3.8) is 0 Å². The van der Waals surface area contributed by atoms with Gasteiger partial charge in [-0.15, -0.1) is 0 Å². The van der Waals surface area contributed by atoms with Crippen molar-refractivity contribution >= 4 is 12.9 Å². The highest BCUT2D eigenvalue weighted by Crippen LogP contribution is 2.22. The molecule has 0 radical (unpaired) electrons. The Morgan fingerprint density at radius 1 is 1.27 bits per heavy atom. The molecule has 0 aliphatic carbocycles. The van der Waals surface area contributed by atoms with Crippen molar-refractivity contribution in [2.75, 3.05) is 0 Å². The third-order valence-corrected chi connectivity index (χ3v) is 1.54. The first-order valence-corrected chi connectivity index (χ1v) is 3.29. The lowest BCUT2D eigenvalue weighted by Gasteiger charge is -2.01. The summed E-state index contributed by atoms with van der Waals surface area (Å²) in [5.41, 5.74) is 0.247. The van der Waals surface area contributed by atoms with Gasteiger partial charge < -0.3 is 4.18 Å². The molecule has 0 aromatic heterocycles. The smallest absolute Gasteiger partial charge is 0.202 e. The molecule has 1 aromatic carbocycles. The van der Waals surface area contributed by atoms with E-state index in [-0.39, 0.29) is 11.3 Å². The van der Waals surface area contributed by atoms with Gasteiger partial charge in [0.2, 0.25) is 5.82 Å². The van der Waals surface area contributed by atoms with Gasteiger partial charge >= 0.3 is 0 Å². The number of rotatable bonds is 1. The molecule has 1 rings (SSSR count). The average Bonchev–Trinajstić information content (AvgIpc) is 2.01. The highest BCUT2D eigenvalue weighted by molar-refractivity contribution is 7.75. The molecule has 0 aliphatic rings. The highest BCUT2D eigenvalue weighted by atomic mass is 32.1. The molecular weight excluding hydrogens is 170 g/mol. The van der Waals surface area contributed by atoms with Crippen LogP contribution < -0.4 is 4.18 Å². The molecule has 0 unspecified atom stereocenters. The summed E-state index contributed by atoms with van der Waals surface area (Å²) in [6.45, 7) is 1.47. The van der Waals surface area contributed by atoms with E-state index < -0.39 is 11.6 Å². The van der Waals surface area contributed by atoms with Gasteiger partial charge in [0, 0.05) is 12.9 Å². The number of benzene rings is 1. The summed E-state index contributed by atoms with van der Waals surface area (Å²) >= 11 is 3.35. The third-order valence-electron chi connectivity index (χ3n) is 1.34. The maximum absolute atomic E-state index is 12.7. The van der Waals surface area contributed by atoms with Crippen molar-refractivity contribution in [2.24, 2.45) is 0 Å². The van der Waals surface area contributed by atoms with Gasteiger partial charge in [0.1, 0.15) is 0 Å². The largest absolute Gasteiger partial charge is 0.426 e. The predicted octanol–water partition coefficient (Wildman–Crippen LogP) is 2.50. The van der Waals surface area contributed by atoms with E-state index in [1.54, 1.807) is 0 Å². The lowest BCUT2D eigenvalue weighted by molar-refractivity contribution is 0.469. The zero-order valence-electron chi connectivity index (χ0n) is 5.77. The topological polar surface area (TPSA) is 9.23 Å². The SMILES string of the molecule is Cc1ccc(OS)c(F)c1F. The Bertz CT molecular complexity index is 275. The quantitative estimate of drug-likeness (QED) is 0.511. The van der Waals surface area contributed by atoms with Gasteiger partial charge in [0.25, 0.3) is 0 Å². The maximum Gasteiger partial charge on any atom is 0.202 e. The van der Waals surface area contributed by atoms with Gasteiger partial charge in [-0.05, 0) is 18.6 Å². The van der Waals surface area contributed by atoms with E-state index in [0.717, 1.165) is 0 Å². The van der Waals surface area contributed by atoms with Crippen LogP contribution in [0.3, 0.4) is 0 Å². The number of halogens is 2. The van der Waals surface area contributed by atoms with Crippen LogP contribution in [-0.4, -0.2) is 0 Å². The Balaban J connectivity index is 3.25. The van der Waals surface area contributed by atoms with Crippen molar-refractivity contribution in [3.05, 3.63) is 29.3 Å². The van der Waals surface area contributed by atoms with Gasteiger partial charge in [-0.3, -0.25) is 0 Å². The van der Waals surface area contributed by atoms with E-state index in [9.17, 15) is 8.78 Å². The van der Waals surface area contributed by atoms with Crippen molar-refractivity contribution in [1.82, 2.24) is 0 Å². The summed E-state index contributed by atoms with van der Waals surface area (Å²) in [6, 6.07) is 2.74. The van der Waals surface area contributed by atoms with Crippen molar-refractivity contribution in [1.29, 1.82) is 0 Å². The lowest BCUT2D eigenvalue weighted by atomic mass is 10.2. The minimum absolute atomic E-state index is 0.198. The van der Waals surface area contributed by atoms with Gasteiger partial charge in [-0.1, -0.05) is 6.07 Å².